The van der Waals surface area contributed by atoms with Gasteiger partial charge in [0.05, 0.1) is 24.9 Å². The summed E-state index contributed by atoms with van der Waals surface area (Å²) in [5.74, 6) is 1.87. The van der Waals surface area contributed by atoms with Gasteiger partial charge in [0.25, 0.3) is 0 Å². The van der Waals surface area contributed by atoms with Crippen LogP contribution < -0.4 is 10.2 Å². The van der Waals surface area contributed by atoms with Gasteiger partial charge in [-0.2, -0.15) is 0 Å². The average molecular weight is 527 g/mol. The largest absolute Gasteiger partial charge is 0.444 e. The molecule has 4 rings (SSSR count). The highest BCUT2D eigenvalue weighted by Crippen LogP contribution is 2.33. The number of ether oxygens (including phenoxy) is 2. The van der Waals surface area contributed by atoms with E-state index in [9.17, 15) is 9.18 Å². The Morgan fingerprint density at radius 3 is 2.73 bits per heavy atom. The molecule has 1 aliphatic carbocycles. The summed E-state index contributed by atoms with van der Waals surface area (Å²) >= 11 is 1.42. The lowest BCUT2D eigenvalue weighted by molar-refractivity contribution is 0.0543. The molecule has 1 unspecified atom stereocenters. The quantitative estimate of drug-likeness (QED) is 0.465. The number of anilines is 1. The van der Waals surface area contributed by atoms with Crippen molar-refractivity contribution in [2.45, 2.75) is 63.3 Å². The maximum atomic E-state index is 14.2. The number of thioether (sulfide) groups is 1. The Morgan fingerprint density at radius 1 is 1.24 bits per heavy atom. The van der Waals surface area contributed by atoms with E-state index in [-0.39, 0.29) is 17.8 Å². The minimum absolute atomic E-state index is 0.0828. The van der Waals surface area contributed by atoms with Gasteiger partial charge in [0.2, 0.25) is 0 Å². The number of alkyl carbamates (subject to hydrolysis) is 1. The molecule has 2 aliphatic rings. The Hall–Kier alpha value is -2.91. The zero-order valence-corrected chi connectivity index (χ0v) is 22.9. The highest BCUT2D eigenvalue weighted by atomic mass is 32.2. The van der Waals surface area contributed by atoms with Crippen LogP contribution in [0.5, 0.6) is 0 Å². The number of hydrogen-bond acceptors (Lipinski definition) is 7. The van der Waals surface area contributed by atoms with Gasteiger partial charge in [-0.05, 0) is 58.2 Å². The van der Waals surface area contributed by atoms with Gasteiger partial charge in [-0.1, -0.05) is 25.1 Å². The van der Waals surface area contributed by atoms with Crippen molar-refractivity contribution in [3.8, 4) is 0 Å². The summed E-state index contributed by atoms with van der Waals surface area (Å²) in [5, 5.41) is 2.86. The van der Waals surface area contributed by atoms with E-state index in [1.54, 1.807) is 12.1 Å². The first-order valence-corrected chi connectivity index (χ1v) is 13.6. The second-order valence-corrected chi connectivity index (χ2v) is 11.4. The normalized spacial score (nSPS) is 20.2. The molecule has 1 aromatic carbocycles. The van der Waals surface area contributed by atoms with Crippen LogP contribution in [0.2, 0.25) is 0 Å². The standard InChI is InChI=1S/C28H35FN4O3S/c1-18-14-20(31-27(34)36-28(3,4)5)10-11-22(18)26-30-21(17-37-24-9-7-6-8-23(24)29)15-25(32-26)33-12-13-35-16-19(33)2/h6-11,15,18-19H,12-14,16-17H2,1-5H3,(H,31,34)/t18?,19-/m0/s1. The summed E-state index contributed by atoms with van der Waals surface area (Å²) in [6, 6.07) is 8.96. The van der Waals surface area contributed by atoms with E-state index in [1.165, 1.54) is 17.8 Å². The lowest BCUT2D eigenvalue weighted by Crippen LogP contribution is -2.44. The van der Waals surface area contributed by atoms with Gasteiger partial charge in [-0.15, -0.1) is 11.8 Å². The minimum atomic E-state index is -0.562. The molecule has 37 heavy (non-hydrogen) atoms. The fraction of sp³-hybridized carbons (Fsp3) is 0.464. The molecule has 1 fully saturated rings. The molecule has 0 radical (unpaired) electrons. The molecule has 2 aromatic rings. The second kappa shape index (κ2) is 11.6. The van der Waals surface area contributed by atoms with Crippen LogP contribution >= 0.6 is 11.8 Å². The number of carbonyl (C=O) groups excluding carboxylic acids is 1. The molecule has 0 spiro atoms. The molecule has 0 bridgehead atoms. The number of aromatic nitrogens is 2. The second-order valence-electron chi connectivity index (χ2n) is 10.4. The Balaban J connectivity index is 1.61. The molecule has 1 N–H and O–H groups in total. The van der Waals surface area contributed by atoms with E-state index in [0.717, 1.165) is 29.3 Å². The summed E-state index contributed by atoms with van der Waals surface area (Å²) < 4.78 is 25.2. The van der Waals surface area contributed by atoms with Crippen molar-refractivity contribution >= 4 is 29.2 Å². The maximum Gasteiger partial charge on any atom is 0.411 e. The molecular weight excluding hydrogens is 491 g/mol. The first-order chi connectivity index (χ1) is 17.6. The van der Waals surface area contributed by atoms with Crippen molar-refractivity contribution in [3.05, 3.63) is 65.5 Å². The lowest BCUT2D eigenvalue weighted by atomic mass is 9.90. The third-order valence-corrected chi connectivity index (χ3v) is 7.16. The topological polar surface area (TPSA) is 76.6 Å². The summed E-state index contributed by atoms with van der Waals surface area (Å²) in [7, 11) is 0. The van der Waals surface area contributed by atoms with Crippen molar-refractivity contribution in [1.82, 2.24) is 15.3 Å². The van der Waals surface area contributed by atoms with Gasteiger partial charge < -0.3 is 14.4 Å². The van der Waals surface area contributed by atoms with Crippen LogP contribution in [0.15, 0.2) is 53.1 Å². The highest BCUT2D eigenvalue weighted by molar-refractivity contribution is 7.98. The predicted octanol–water partition coefficient (Wildman–Crippen LogP) is 5.96. The summed E-state index contributed by atoms with van der Waals surface area (Å²) in [4.78, 5) is 24.9. The summed E-state index contributed by atoms with van der Waals surface area (Å²) in [6.45, 7) is 11.8. The average Bonchev–Trinajstić information content (AvgIpc) is 2.82. The Morgan fingerprint density at radius 2 is 2.03 bits per heavy atom. The number of benzene rings is 1. The smallest absolute Gasteiger partial charge is 0.411 e. The maximum absolute atomic E-state index is 14.2. The van der Waals surface area contributed by atoms with E-state index >= 15 is 0 Å². The molecule has 0 saturated carbocycles. The van der Waals surface area contributed by atoms with Crippen LogP contribution in [0.4, 0.5) is 15.0 Å². The molecule has 1 amide bonds. The van der Waals surface area contributed by atoms with E-state index in [4.69, 9.17) is 19.4 Å². The van der Waals surface area contributed by atoms with Crippen molar-refractivity contribution in [1.29, 1.82) is 0 Å². The van der Waals surface area contributed by atoms with E-state index in [1.807, 2.05) is 45.1 Å². The number of halogens is 1. The zero-order valence-electron chi connectivity index (χ0n) is 22.1. The third-order valence-electron chi connectivity index (χ3n) is 6.08. The number of nitrogens with zero attached hydrogens (tertiary/aromatic N) is 3. The fourth-order valence-corrected chi connectivity index (χ4v) is 5.13. The molecule has 2 heterocycles. The van der Waals surface area contributed by atoms with Crippen molar-refractivity contribution in [3.63, 3.8) is 0 Å². The number of morpholine rings is 1. The Bertz CT molecular complexity index is 1190. The van der Waals surface area contributed by atoms with Gasteiger partial charge in [-0.25, -0.2) is 19.2 Å². The summed E-state index contributed by atoms with van der Waals surface area (Å²) in [6.07, 6.45) is 4.03. The van der Waals surface area contributed by atoms with Crippen LogP contribution in [0.1, 0.15) is 52.6 Å². The van der Waals surface area contributed by atoms with Crippen molar-refractivity contribution < 1.29 is 18.7 Å². The Kier molecular flexibility index (Phi) is 8.54. The van der Waals surface area contributed by atoms with Crippen molar-refractivity contribution in [2.75, 3.05) is 24.7 Å². The van der Waals surface area contributed by atoms with Crippen LogP contribution in [0.25, 0.3) is 5.57 Å². The minimum Gasteiger partial charge on any atom is -0.444 e. The highest BCUT2D eigenvalue weighted by Gasteiger charge is 2.25. The molecule has 2 atom stereocenters. The number of nitrogens with one attached hydrogen (secondary N) is 1. The van der Waals surface area contributed by atoms with E-state index in [2.05, 4.69) is 24.1 Å². The molecule has 1 aromatic heterocycles. The number of carbonyl (C=O) groups is 1. The van der Waals surface area contributed by atoms with Gasteiger partial charge in [0.1, 0.15) is 17.2 Å². The number of hydrogen-bond donors (Lipinski definition) is 1. The van der Waals surface area contributed by atoms with Gasteiger partial charge in [-0.3, -0.25) is 5.32 Å². The number of amides is 1. The molecule has 198 valence electrons. The van der Waals surface area contributed by atoms with E-state index in [0.29, 0.717) is 36.1 Å². The SMILES string of the molecule is CC1CC(NC(=O)OC(C)(C)C)=CC=C1c1nc(CSc2ccccc2F)cc(N2CCOC[C@@H]2C)n1. The van der Waals surface area contributed by atoms with Crippen molar-refractivity contribution in [2.24, 2.45) is 5.92 Å². The molecule has 9 heteroatoms. The molecule has 7 nitrogen and oxygen atoms in total. The van der Waals surface area contributed by atoms with Gasteiger partial charge >= 0.3 is 6.09 Å². The fourth-order valence-electron chi connectivity index (χ4n) is 4.30. The zero-order chi connectivity index (χ0) is 26.6. The van der Waals surface area contributed by atoms with Crippen LogP contribution in [-0.2, 0) is 15.2 Å². The van der Waals surface area contributed by atoms with Crippen LogP contribution in [0.3, 0.4) is 0 Å². The van der Waals surface area contributed by atoms with Crippen LogP contribution in [0, 0.1) is 11.7 Å². The van der Waals surface area contributed by atoms with E-state index < -0.39 is 11.7 Å². The lowest BCUT2D eigenvalue weighted by Gasteiger charge is -2.34. The van der Waals surface area contributed by atoms with Gasteiger partial charge in [0, 0.05) is 34.5 Å². The Labute approximate surface area is 222 Å². The molecular formula is C28H35FN4O3S. The number of allylic oxidation sites excluding steroid dienone is 4. The molecule has 1 aliphatic heterocycles. The van der Waals surface area contributed by atoms with Gasteiger partial charge in [0.15, 0.2) is 5.82 Å². The van der Waals surface area contributed by atoms with Crippen LogP contribution in [-0.4, -0.2) is 47.5 Å². The molecule has 1 saturated heterocycles. The third kappa shape index (κ3) is 7.32. The first-order valence-electron chi connectivity index (χ1n) is 12.6. The predicted molar refractivity (Wildman–Crippen MR) is 145 cm³/mol. The number of rotatable bonds is 6. The first kappa shape index (κ1) is 27.1. The monoisotopic (exact) mass is 526 g/mol. The summed E-state index contributed by atoms with van der Waals surface area (Å²) in [5.41, 5.74) is 2.06.